The molecule has 0 bridgehead atoms. The van der Waals surface area contributed by atoms with Crippen molar-refractivity contribution in [2.75, 3.05) is 60.3 Å². The number of para-hydroxylation sites is 1. The fraction of sp³-hybridized carbons (Fsp3) is 0.471. The summed E-state index contributed by atoms with van der Waals surface area (Å²) in [7, 11) is 2.42. The molecule has 12 nitrogen and oxygen atoms in total. The highest BCUT2D eigenvalue weighted by Gasteiger charge is 2.40. The van der Waals surface area contributed by atoms with Gasteiger partial charge in [-0.05, 0) is 51.0 Å². The minimum atomic E-state index is -0.970. The van der Waals surface area contributed by atoms with E-state index in [4.69, 9.17) is 23.7 Å². The number of carbonyl (C=O) groups excluding carboxylic acids is 2. The van der Waals surface area contributed by atoms with Gasteiger partial charge in [-0.1, -0.05) is 31.5 Å². The summed E-state index contributed by atoms with van der Waals surface area (Å²) in [5, 5.41) is 14.4. The lowest BCUT2D eigenvalue weighted by atomic mass is 9.79. The lowest BCUT2D eigenvalue weighted by Gasteiger charge is -2.29. The molecule has 2 aromatic rings. The lowest BCUT2D eigenvalue weighted by Crippen LogP contribution is -2.37. The van der Waals surface area contributed by atoms with Gasteiger partial charge in [-0.25, -0.2) is 9.59 Å². The van der Waals surface area contributed by atoms with Gasteiger partial charge in [-0.2, -0.15) is 0 Å². The van der Waals surface area contributed by atoms with Gasteiger partial charge in [-0.15, -0.1) is 12.4 Å². The van der Waals surface area contributed by atoms with Crippen LogP contribution in [0.15, 0.2) is 71.1 Å². The molecular weight excluding hydrogens is 630 g/mol. The van der Waals surface area contributed by atoms with E-state index in [2.05, 4.69) is 17.1 Å². The van der Waals surface area contributed by atoms with Crippen molar-refractivity contribution in [3.8, 4) is 11.5 Å². The molecule has 2 aliphatic heterocycles. The van der Waals surface area contributed by atoms with Crippen molar-refractivity contribution in [1.82, 2.24) is 10.2 Å². The van der Waals surface area contributed by atoms with Crippen LogP contribution >= 0.6 is 12.4 Å². The molecule has 2 aromatic carbocycles. The Labute approximate surface area is 282 Å². The Morgan fingerprint density at radius 2 is 1.40 bits per heavy atom. The third kappa shape index (κ3) is 11.3. The van der Waals surface area contributed by atoms with Crippen LogP contribution in [0.3, 0.4) is 0 Å². The first-order valence-electron chi connectivity index (χ1n) is 15.5. The summed E-state index contributed by atoms with van der Waals surface area (Å²) in [6.45, 7) is 11.9. The molecule has 0 radical (unpaired) electrons. The third-order valence-corrected chi connectivity index (χ3v) is 7.60. The first-order valence-corrected chi connectivity index (χ1v) is 15.5. The zero-order valence-electron chi connectivity index (χ0n) is 27.7. The number of methoxy groups -OCH3 is 2. The van der Waals surface area contributed by atoms with Gasteiger partial charge in [0.25, 0.3) is 5.69 Å². The van der Waals surface area contributed by atoms with Gasteiger partial charge in [0.15, 0.2) is 0 Å². The van der Waals surface area contributed by atoms with Crippen LogP contribution in [0, 0.1) is 10.1 Å². The highest BCUT2D eigenvalue weighted by molar-refractivity contribution is 6.00. The van der Waals surface area contributed by atoms with Gasteiger partial charge in [0, 0.05) is 42.7 Å². The van der Waals surface area contributed by atoms with Gasteiger partial charge in [-0.3, -0.25) is 15.0 Å². The highest BCUT2D eigenvalue weighted by Crippen LogP contribution is 2.42. The maximum Gasteiger partial charge on any atom is 0.336 e. The van der Waals surface area contributed by atoms with E-state index >= 15 is 0 Å². The fourth-order valence-electron chi connectivity index (χ4n) is 5.23. The van der Waals surface area contributed by atoms with E-state index in [0.717, 1.165) is 76.8 Å². The van der Waals surface area contributed by atoms with Gasteiger partial charge in [0.1, 0.15) is 11.5 Å². The van der Waals surface area contributed by atoms with E-state index < -0.39 is 22.8 Å². The number of rotatable bonds is 13. The van der Waals surface area contributed by atoms with Crippen molar-refractivity contribution in [2.45, 2.75) is 46.0 Å². The summed E-state index contributed by atoms with van der Waals surface area (Å²) in [5.41, 5.74) is 1.19. The Hall–Kier alpha value is -4.13. The summed E-state index contributed by atoms with van der Waals surface area (Å²) in [5.74, 6) is -0.490. The number of nitro groups is 1. The number of hydrogen-bond acceptors (Lipinski definition) is 11. The average Bonchev–Trinajstić information content (AvgIpc) is 3.07. The Bertz CT molecular complexity index is 1350. The molecule has 47 heavy (non-hydrogen) atoms. The number of benzene rings is 2. The van der Waals surface area contributed by atoms with Gasteiger partial charge in [0.05, 0.1) is 62.6 Å². The summed E-state index contributed by atoms with van der Waals surface area (Å²) < 4.78 is 26.4. The van der Waals surface area contributed by atoms with E-state index in [9.17, 15) is 19.7 Å². The highest BCUT2D eigenvalue weighted by atomic mass is 35.5. The first-order chi connectivity index (χ1) is 22.2. The number of esters is 2. The molecule has 4 rings (SSSR count). The number of dihydropyridines is 1. The molecule has 0 spiro atoms. The molecule has 0 atom stereocenters. The maximum atomic E-state index is 12.3. The number of ether oxygens (including phenoxy) is 5. The zero-order chi connectivity index (χ0) is 33.5. The standard InChI is InChI=1S/C17H18N2O6.C17H27NO3.ClH/c1-9-13(16(20)24-3)15(14(10(2)18-9)17(21)25-4)11-7-5-6-8-12(11)19(22)23;1-2-3-12-20-16-5-7-17(8-6-16)21-13-4-9-18-10-14-19-15-11-18;/h5-8,15,18H,1-4H3;5-8H,2-4,9-15H2,1H3;1H. The van der Waals surface area contributed by atoms with Crippen molar-refractivity contribution in [1.29, 1.82) is 0 Å². The number of morpholine rings is 1. The number of allylic oxidation sites excluding steroid dienone is 2. The SMILES string of the molecule is CCCCOc1ccc(OCCCN2CCOCC2)cc1.COC(=O)C1=C(C)NC(C)=C(C(=O)OC)C1c1ccccc1[N+](=O)[O-].Cl. The van der Waals surface area contributed by atoms with Crippen LogP contribution < -0.4 is 14.8 Å². The molecular formula is C34H46ClN3O9. The van der Waals surface area contributed by atoms with E-state index in [1.54, 1.807) is 19.9 Å². The summed E-state index contributed by atoms with van der Waals surface area (Å²) in [4.78, 5) is 38.0. The van der Waals surface area contributed by atoms with Crippen LogP contribution in [0.25, 0.3) is 0 Å². The number of halogens is 1. The third-order valence-electron chi connectivity index (χ3n) is 7.60. The van der Waals surface area contributed by atoms with Gasteiger partial charge < -0.3 is 29.0 Å². The summed E-state index contributed by atoms with van der Waals surface area (Å²) >= 11 is 0. The summed E-state index contributed by atoms with van der Waals surface area (Å²) in [6, 6.07) is 13.9. The molecule has 0 amide bonds. The topological polar surface area (TPSA) is 139 Å². The second-order valence-electron chi connectivity index (χ2n) is 10.8. The predicted molar refractivity (Wildman–Crippen MR) is 180 cm³/mol. The van der Waals surface area contributed by atoms with E-state index in [1.165, 1.54) is 32.4 Å². The number of carbonyl (C=O) groups is 2. The molecule has 258 valence electrons. The number of nitro benzene ring substituents is 1. The molecule has 1 fully saturated rings. The molecule has 0 unspecified atom stereocenters. The minimum Gasteiger partial charge on any atom is -0.494 e. The zero-order valence-corrected chi connectivity index (χ0v) is 28.6. The van der Waals surface area contributed by atoms with Crippen LogP contribution in [-0.4, -0.2) is 82.0 Å². The molecule has 0 saturated carbocycles. The van der Waals surface area contributed by atoms with Gasteiger partial charge in [0.2, 0.25) is 0 Å². The summed E-state index contributed by atoms with van der Waals surface area (Å²) in [6.07, 6.45) is 3.30. The Balaban J connectivity index is 0.000000324. The molecule has 1 saturated heterocycles. The van der Waals surface area contributed by atoms with Crippen molar-refractivity contribution in [3.63, 3.8) is 0 Å². The quantitative estimate of drug-likeness (QED) is 0.123. The molecule has 13 heteroatoms. The molecule has 2 heterocycles. The molecule has 2 aliphatic rings. The number of unbranched alkanes of at least 4 members (excludes halogenated alkanes) is 1. The van der Waals surface area contributed by atoms with Crippen LogP contribution in [0.1, 0.15) is 51.5 Å². The van der Waals surface area contributed by atoms with Crippen LogP contribution in [0.2, 0.25) is 0 Å². The van der Waals surface area contributed by atoms with Crippen molar-refractivity contribution >= 4 is 30.0 Å². The Kier molecular flexibility index (Phi) is 16.8. The second-order valence-corrected chi connectivity index (χ2v) is 10.8. The molecule has 1 N–H and O–H groups in total. The number of nitrogens with zero attached hydrogens (tertiary/aromatic N) is 2. The number of nitrogens with one attached hydrogen (secondary N) is 1. The Morgan fingerprint density at radius 1 is 0.894 bits per heavy atom. The second kappa shape index (κ2) is 20.2. The van der Waals surface area contributed by atoms with Crippen LogP contribution in [0.5, 0.6) is 11.5 Å². The van der Waals surface area contributed by atoms with Crippen molar-refractivity contribution in [2.24, 2.45) is 0 Å². The minimum absolute atomic E-state index is 0. The largest absolute Gasteiger partial charge is 0.494 e. The van der Waals surface area contributed by atoms with Crippen molar-refractivity contribution in [3.05, 3.63) is 86.7 Å². The van der Waals surface area contributed by atoms with Crippen LogP contribution in [0.4, 0.5) is 5.69 Å². The van der Waals surface area contributed by atoms with E-state index in [-0.39, 0.29) is 34.8 Å². The van der Waals surface area contributed by atoms with E-state index in [0.29, 0.717) is 11.4 Å². The van der Waals surface area contributed by atoms with Crippen LogP contribution in [-0.2, 0) is 23.8 Å². The smallest absolute Gasteiger partial charge is 0.336 e. The lowest BCUT2D eigenvalue weighted by molar-refractivity contribution is -0.385. The number of hydrogen-bond donors (Lipinski definition) is 1. The Morgan fingerprint density at radius 3 is 1.89 bits per heavy atom. The monoisotopic (exact) mass is 675 g/mol. The van der Waals surface area contributed by atoms with Crippen molar-refractivity contribution < 1.29 is 38.2 Å². The fourth-order valence-corrected chi connectivity index (χ4v) is 5.23. The van der Waals surface area contributed by atoms with E-state index in [1.807, 2.05) is 24.3 Å². The maximum absolute atomic E-state index is 12.3. The average molecular weight is 676 g/mol. The normalized spacial score (nSPS) is 15.0. The predicted octanol–water partition coefficient (Wildman–Crippen LogP) is 5.56. The van der Waals surface area contributed by atoms with Gasteiger partial charge >= 0.3 is 11.9 Å². The molecule has 0 aliphatic carbocycles. The first kappa shape index (κ1) is 39.1. The molecule has 0 aromatic heterocycles.